The highest BCUT2D eigenvalue weighted by Crippen LogP contribution is 2.25. The third kappa shape index (κ3) is 3.81. The molecule has 7 heteroatoms. The van der Waals surface area contributed by atoms with E-state index >= 15 is 0 Å². The molecule has 27 heavy (non-hydrogen) atoms. The average Bonchev–Trinajstić information content (AvgIpc) is 3.17. The van der Waals surface area contributed by atoms with Crippen molar-refractivity contribution in [1.82, 2.24) is 19.7 Å². The molecule has 0 atom stereocenters. The van der Waals surface area contributed by atoms with E-state index in [4.69, 9.17) is 0 Å². The van der Waals surface area contributed by atoms with E-state index in [2.05, 4.69) is 25.3 Å². The Labute approximate surface area is 158 Å². The summed E-state index contributed by atoms with van der Waals surface area (Å²) in [6.07, 6.45) is 10.4. The number of rotatable bonds is 4. The second-order valence-corrected chi connectivity index (χ2v) is 6.77. The topological polar surface area (TPSA) is 75.9 Å². The number of hydrogen-bond donors (Lipinski definition) is 1. The monoisotopic (exact) mass is 362 g/mol. The summed E-state index contributed by atoms with van der Waals surface area (Å²) >= 11 is 0. The lowest BCUT2D eigenvalue weighted by Crippen LogP contribution is -2.30. The van der Waals surface area contributed by atoms with Crippen LogP contribution in [0.4, 0.5) is 11.4 Å². The highest BCUT2D eigenvalue weighted by Gasteiger charge is 2.17. The van der Waals surface area contributed by atoms with E-state index in [-0.39, 0.29) is 5.91 Å². The van der Waals surface area contributed by atoms with Gasteiger partial charge in [0.25, 0.3) is 5.91 Å². The second kappa shape index (κ2) is 7.57. The van der Waals surface area contributed by atoms with Crippen LogP contribution in [-0.4, -0.2) is 38.7 Å². The van der Waals surface area contributed by atoms with Crippen LogP contribution in [0, 0.1) is 6.92 Å². The van der Waals surface area contributed by atoms with Crippen molar-refractivity contribution < 1.29 is 4.79 Å². The predicted molar refractivity (Wildman–Crippen MR) is 104 cm³/mol. The first-order valence-electron chi connectivity index (χ1n) is 9.19. The highest BCUT2D eigenvalue weighted by atomic mass is 16.1. The van der Waals surface area contributed by atoms with Crippen molar-refractivity contribution in [2.75, 3.05) is 23.3 Å². The van der Waals surface area contributed by atoms with E-state index in [1.807, 2.05) is 37.4 Å². The minimum atomic E-state index is -0.159. The third-order valence-electron chi connectivity index (χ3n) is 4.74. The number of hydrogen-bond acceptors (Lipinski definition) is 5. The minimum Gasteiger partial charge on any atom is -0.367 e. The minimum absolute atomic E-state index is 0.159. The number of aromatic nitrogens is 4. The quantitative estimate of drug-likeness (QED) is 0.771. The van der Waals surface area contributed by atoms with Gasteiger partial charge in [-0.1, -0.05) is 17.7 Å². The summed E-state index contributed by atoms with van der Waals surface area (Å²) in [6.45, 7) is 3.99. The molecule has 4 rings (SSSR count). The maximum atomic E-state index is 12.4. The van der Waals surface area contributed by atoms with Crippen LogP contribution >= 0.6 is 0 Å². The first-order valence-corrected chi connectivity index (χ1v) is 9.19. The fraction of sp³-hybridized carbons (Fsp3) is 0.300. The van der Waals surface area contributed by atoms with E-state index in [1.165, 1.54) is 25.6 Å². The van der Waals surface area contributed by atoms with Crippen LogP contribution in [0.3, 0.4) is 0 Å². The van der Waals surface area contributed by atoms with Crippen molar-refractivity contribution in [3.05, 3.63) is 60.3 Å². The number of carbonyl (C=O) groups is 1. The Bertz CT molecular complexity index is 928. The van der Waals surface area contributed by atoms with Crippen LogP contribution < -0.4 is 10.2 Å². The van der Waals surface area contributed by atoms with Gasteiger partial charge in [-0.2, -0.15) is 5.10 Å². The van der Waals surface area contributed by atoms with E-state index < -0.39 is 0 Å². The second-order valence-electron chi connectivity index (χ2n) is 6.77. The van der Waals surface area contributed by atoms with Crippen molar-refractivity contribution in [3.8, 4) is 5.82 Å². The number of nitrogens with one attached hydrogen (secondary N) is 1. The van der Waals surface area contributed by atoms with Crippen LogP contribution in [0.5, 0.6) is 0 Å². The summed E-state index contributed by atoms with van der Waals surface area (Å²) in [4.78, 5) is 23.3. The molecule has 0 saturated carbocycles. The number of anilines is 2. The Hall–Kier alpha value is -3.22. The van der Waals surface area contributed by atoms with Gasteiger partial charge in [0.15, 0.2) is 5.82 Å². The molecular weight excluding hydrogens is 340 g/mol. The summed E-state index contributed by atoms with van der Waals surface area (Å²) in [5.74, 6) is 0.566. The molecule has 0 aliphatic carbocycles. The summed E-state index contributed by atoms with van der Waals surface area (Å²) in [7, 11) is 0. The van der Waals surface area contributed by atoms with E-state index in [0.29, 0.717) is 11.3 Å². The van der Waals surface area contributed by atoms with Gasteiger partial charge in [-0.25, -0.2) is 14.6 Å². The average molecular weight is 362 g/mol. The van der Waals surface area contributed by atoms with Gasteiger partial charge < -0.3 is 10.2 Å². The van der Waals surface area contributed by atoms with Crippen LogP contribution in [0.1, 0.15) is 35.2 Å². The summed E-state index contributed by atoms with van der Waals surface area (Å²) in [6, 6.07) is 7.47. The molecule has 2 aromatic heterocycles. The van der Waals surface area contributed by atoms with E-state index in [9.17, 15) is 4.79 Å². The largest absolute Gasteiger partial charge is 0.367 e. The number of piperidine rings is 1. The lowest BCUT2D eigenvalue weighted by Gasteiger charge is -2.29. The fourth-order valence-electron chi connectivity index (χ4n) is 3.26. The zero-order chi connectivity index (χ0) is 18.6. The summed E-state index contributed by atoms with van der Waals surface area (Å²) in [5, 5.41) is 7.28. The normalized spacial score (nSPS) is 14.2. The Morgan fingerprint density at radius 1 is 1.07 bits per heavy atom. The maximum absolute atomic E-state index is 12.4. The number of carbonyl (C=O) groups excluding carboxylic acids is 1. The molecule has 1 aliphatic heterocycles. The number of aryl methyl sites for hydroxylation is 1. The lowest BCUT2D eigenvalue weighted by molar-refractivity contribution is 0.102. The zero-order valence-electron chi connectivity index (χ0n) is 15.3. The van der Waals surface area contributed by atoms with Crippen LogP contribution in [0.15, 0.2) is 49.2 Å². The molecule has 1 N–H and O–H groups in total. The lowest BCUT2D eigenvalue weighted by atomic mass is 10.1. The van der Waals surface area contributed by atoms with Crippen LogP contribution in [0.25, 0.3) is 5.82 Å². The van der Waals surface area contributed by atoms with Gasteiger partial charge in [0, 0.05) is 18.7 Å². The number of nitrogens with zero attached hydrogens (tertiary/aromatic N) is 5. The molecule has 138 valence electrons. The van der Waals surface area contributed by atoms with Crippen molar-refractivity contribution in [3.63, 3.8) is 0 Å². The van der Waals surface area contributed by atoms with Crippen molar-refractivity contribution in [2.45, 2.75) is 26.2 Å². The van der Waals surface area contributed by atoms with E-state index in [1.54, 1.807) is 17.1 Å². The van der Waals surface area contributed by atoms with Gasteiger partial charge in [0.1, 0.15) is 12.0 Å². The summed E-state index contributed by atoms with van der Waals surface area (Å²) < 4.78 is 1.69. The first kappa shape index (κ1) is 17.2. The van der Waals surface area contributed by atoms with Crippen molar-refractivity contribution >= 4 is 17.3 Å². The molecule has 7 nitrogen and oxygen atoms in total. The van der Waals surface area contributed by atoms with Crippen molar-refractivity contribution in [1.29, 1.82) is 0 Å². The molecule has 3 aromatic rings. The molecular formula is C20H22N6O. The molecule has 1 saturated heterocycles. The van der Waals surface area contributed by atoms with E-state index in [0.717, 1.165) is 30.2 Å². The molecule has 1 aliphatic rings. The van der Waals surface area contributed by atoms with Gasteiger partial charge in [-0.3, -0.25) is 4.79 Å². The molecule has 1 amide bonds. The molecule has 0 unspecified atom stereocenters. The number of benzene rings is 1. The molecule has 0 bridgehead atoms. The third-order valence-corrected chi connectivity index (χ3v) is 4.74. The molecule has 1 fully saturated rings. The molecule has 1 aromatic carbocycles. The van der Waals surface area contributed by atoms with Gasteiger partial charge >= 0.3 is 0 Å². The van der Waals surface area contributed by atoms with Gasteiger partial charge in [0.05, 0.1) is 24.3 Å². The predicted octanol–water partition coefficient (Wildman–Crippen LogP) is 3.21. The molecule has 0 spiro atoms. The van der Waals surface area contributed by atoms with Crippen LogP contribution in [0.2, 0.25) is 0 Å². The number of amides is 1. The molecule has 3 heterocycles. The Kier molecular flexibility index (Phi) is 4.82. The van der Waals surface area contributed by atoms with Gasteiger partial charge in [0.2, 0.25) is 0 Å². The Balaban J connectivity index is 1.54. The maximum Gasteiger partial charge on any atom is 0.255 e. The fourth-order valence-corrected chi connectivity index (χ4v) is 3.26. The smallest absolute Gasteiger partial charge is 0.255 e. The van der Waals surface area contributed by atoms with Crippen molar-refractivity contribution in [2.24, 2.45) is 0 Å². The van der Waals surface area contributed by atoms with Gasteiger partial charge in [-0.15, -0.1) is 0 Å². The SMILES string of the molecule is Cc1ccc(C(=O)Nc2cnn(-c3ncncc3N3CCCCC3)c2)cc1. The summed E-state index contributed by atoms with van der Waals surface area (Å²) in [5.41, 5.74) is 3.33. The highest BCUT2D eigenvalue weighted by molar-refractivity contribution is 6.04. The Morgan fingerprint density at radius 2 is 1.85 bits per heavy atom. The van der Waals surface area contributed by atoms with Gasteiger partial charge in [-0.05, 0) is 38.3 Å². The first-order chi connectivity index (χ1) is 13.2. The molecule has 0 radical (unpaired) electrons. The van der Waals surface area contributed by atoms with Crippen LogP contribution in [-0.2, 0) is 0 Å². The standard InChI is InChI=1S/C20H22N6O/c1-15-5-7-16(8-6-15)20(27)24-17-11-23-26(13-17)19-18(12-21-14-22-19)25-9-3-2-4-10-25/h5-8,11-14H,2-4,9-10H2,1H3,(H,24,27). The Morgan fingerprint density at radius 3 is 2.63 bits per heavy atom. The zero-order valence-corrected chi connectivity index (χ0v) is 15.3.